The van der Waals surface area contributed by atoms with Crippen molar-refractivity contribution in [2.24, 2.45) is 0 Å². The molecule has 5 heteroatoms. The fraction of sp³-hybridized carbons (Fsp3) is 0.0476. The second-order valence-electron chi connectivity index (χ2n) is 5.90. The molecule has 2 aromatic carbocycles. The van der Waals surface area contributed by atoms with E-state index in [1.165, 1.54) is 11.8 Å². The largest absolute Gasteiger partial charge is 0.281 e. The van der Waals surface area contributed by atoms with Gasteiger partial charge < -0.3 is 0 Å². The minimum atomic E-state index is -0.0322. The van der Waals surface area contributed by atoms with E-state index in [1.54, 1.807) is 24.3 Å². The Labute approximate surface area is 160 Å². The highest BCUT2D eigenvalue weighted by molar-refractivity contribution is 8.14. The summed E-state index contributed by atoms with van der Waals surface area (Å²) >= 11 is 7.13. The SMILES string of the molecule is Cc1cccc2c(SC(=O)c3ccc(Cl)cc3)c(-c3ccccc3)nn12. The topological polar surface area (TPSA) is 34.4 Å². The monoisotopic (exact) mass is 378 g/mol. The third kappa shape index (κ3) is 3.14. The van der Waals surface area contributed by atoms with Crippen LogP contribution in [0, 0.1) is 6.92 Å². The molecule has 0 radical (unpaired) electrons. The second kappa shape index (κ2) is 6.98. The molecule has 2 aromatic heterocycles. The number of hydrogen-bond donors (Lipinski definition) is 0. The zero-order chi connectivity index (χ0) is 18.1. The van der Waals surface area contributed by atoms with Crippen molar-refractivity contribution in [1.29, 1.82) is 0 Å². The van der Waals surface area contributed by atoms with Gasteiger partial charge in [-0.05, 0) is 55.1 Å². The van der Waals surface area contributed by atoms with Crippen LogP contribution >= 0.6 is 23.4 Å². The maximum absolute atomic E-state index is 12.8. The quantitative estimate of drug-likeness (QED) is 0.416. The van der Waals surface area contributed by atoms with Crippen LogP contribution in [0.1, 0.15) is 16.1 Å². The number of pyridine rings is 1. The van der Waals surface area contributed by atoms with Crippen molar-refractivity contribution in [3.05, 3.63) is 89.1 Å². The standard InChI is InChI=1S/C21H15ClN2OS/c1-14-6-5-9-18-20(26-21(25)16-10-12-17(22)13-11-16)19(23-24(14)18)15-7-3-2-4-8-15/h2-13H,1H3. The van der Waals surface area contributed by atoms with Gasteiger partial charge in [0.05, 0.1) is 10.4 Å². The summed E-state index contributed by atoms with van der Waals surface area (Å²) in [4.78, 5) is 13.7. The molecule has 26 heavy (non-hydrogen) atoms. The van der Waals surface area contributed by atoms with Crippen molar-refractivity contribution < 1.29 is 4.79 Å². The Hall–Kier alpha value is -2.56. The van der Waals surface area contributed by atoms with Crippen LogP contribution in [-0.2, 0) is 0 Å². The van der Waals surface area contributed by atoms with E-state index >= 15 is 0 Å². The minimum absolute atomic E-state index is 0.0322. The summed E-state index contributed by atoms with van der Waals surface area (Å²) in [6, 6.07) is 22.9. The lowest BCUT2D eigenvalue weighted by Gasteiger charge is -2.03. The zero-order valence-corrected chi connectivity index (χ0v) is 15.6. The van der Waals surface area contributed by atoms with Gasteiger partial charge in [-0.15, -0.1) is 0 Å². The van der Waals surface area contributed by atoms with Crippen LogP contribution in [0.3, 0.4) is 0 Å². The molecular formula is C21H15ClN2OS. The molecule has 0 saturated carbocycles. The highest BCUT2D eigenvalue weighted by Gasteiger charge is 2.19. The number of thioether (sulfide) groups is 1. The fourth-order valence-electron chi connectivity index (χ4n) is 2.80. The van der Waals surface area contributed by atoms with Gasteiger partial charge in [0.25, 0.3) is 0 Å². The molecule has 0 aliphatic heterocycles. The molecule has 0 aliphatic carbocycles. The van der Waals surface area contributed by atoms with Crippen LogP contribution in [0.2, 0.25) is 5.02 Å². The third-order valence-corrected chi connectivity index (χ3v) is 5.40. The maximum Gasteiger partial charge on any atom is 0.224 e. The first-order chi connectivity index (χ1) is 12.6. The van der Waals surface area contributed by atoms with Gasteiger partial charge >= 0.3 is 0 Å². The molecule has 0 bridgehead atoms. The Bertz CT molecular complexity index is 1090. The second-order valence-corrected chi connectivity index (χ2v) is 7.32. The number of fused-ring (bicyclic) bond motifs is 1. The average Bonchev–Trinajstić information content (AvgIpc) is 3.03. The molecule has 0 aliphatic rings. The van der Waals surface area contributed by atoms with E-state index in [2.05, 4.69) is 0 Å². The molecule has 3 nitrogen and oxygen atoms in total. The Kier molecular flexibility index (Phi) is 4.53. The van der Waals surface area contributed by atoms with Gasteiger partial charge in [-0.1, -0.05) is 48.0 Å². The van der Waals surface area contributed by atoms with Gasteiger partial charge in [-0.25, -0.2) is 4.52 Å². The summed E-state index contributed by atoms with van der Waals surface area (Å²) in [6.45, 7) is 2.00. The molecule has 0 N–H and O–H groups in total. The number of nitrogens with zero attached hydrogens (tertiary/aromatic N) is 2. The Morgan fingerprint density at radius 2 is 1.69 bits per heavy atom. The molecule has 128 valence electrons. The molecule has 0 amide bonds. The van der Waals surface area contributed by atoms with Gasteiger partial charge in [-0.3, -0.25) is 4.79 Å². The van der Waals surface area contributed by atoms with Gasteiger partial charge in [0.2, 0.25) is 5.12 Å². The molecule has 0 spiro atoms. The summed E-state index contributed by atoms with van der Waals surface area (Å²) in [7, 11) is 0. The fourth-order valence-corrected chi connectivity index (χ4v) is 3.88. The van der Waals surface area contributed by atoms with Crippen LogP contribution in [0.5, 0.6) is 0 Å². The first-order valence-corrected chi connectivity index (χ1v) is 9.34. The number of rotatable bonds is 3. The lowest BCUT2D eigenvalue weighted by Crippen LogP contribution is -1.93. The summed E-state index contributed by atoms with van der Waals surface area (Å²) in [5, 5.41) is 5.35. The lowest BCUT2D eigenvalue weighted by molar-refractivity contribution is 0.108. The van der Waals surface area contributed by atoms with Crippen LogP contribution in [0.4, 0.5) is 0 Å². The Morgan fingerprint density at radius 1 is 0.962 bits per heavy atom. The number of hydrogen-bond acceptors (Lipinski definition) is 3. The van der Waals surface area contributed by atoms with Crippen LogP contribution in [0.15, 0.2) is 77.7 Å². The number of aromatic nitrogens is 2. The van der Waals surface area contributed by atoms with Crippen molar-refractivity contribution >= 4 is 34.0 Å². The van der Waals surface area contributed by atoms with E-state index in [-0.39, 0.29) is 5.12 Å². The van der Waals surface area contributed by atoms with E-state index in [1.807, 2.05) is 60.0 Å². The Balaban J connectivity index is 1.83. The normalized spacial score (nSPS) is 11.0. The van der Waals surface area contributed by atoms with Crippen molar-refractivity contribution in [3.63, 3.8) is 0 Å². The minimum Gasteiger partial charge on any atom is -0.281 e. The molecule has 0 atom stereocenters. The zero-order valence-electron chi connectivity index (χ0n) is 14.0. The first kappa shape index (κ1) is 16.9. The van der Waals surface area contributed by atoms with Crippen LogP contribution in [0.25, 0.3) is 16.8 Å². The number of carbonyl (C=O) groups is 1. The number of aryl methyl sites for hydroxylation is 1. The van der Waals surface area contributed by atoms with E-state index in [9.17, 15) is 4.79 Å². The van der Waals surface area contributed by atoms with Crippen LogP contribution < -0.4 is 0 Å². The van der Waals surface area contributed by atoms with Crippen molar-refractivity contribution in [2.45, 2.75) is 11.8 Å². The van der Waals surface area contributed by atoms with Crippen molar-refractivity contribution in [1.82, 2.24) is 9.61 Å². The van der Waals surface area contributed by atoms with Gasteiger partial charge in [0.1, 0.15) is 5.69 Å². The number of carbonyl (C=O) groups excluding carboxylic acids is 1. The molecule has 2 heterocycles. The molecule has 0 fully saturated rings. The summed E-state index contributed by atoms with van der Waals surface area (Å²) in [6.07, 6.45) is 0. The molecule has 0 unspecified atom stereocenters. The van der Waals surface area contributed by atoms with E-state index in [4.69, 9.17) is 16.7 Å². The van der Waals surface area contributed by atoms with E-state index in [0.29, 0.717) is 10.6 Å². The predicted molar refractivity (Wildman–Crippen MR) is 107 cm³/mol. The van der Waals surface area contributed by atoms with Gasteiger partial charge in [0.15, 0.2) is 0 Å². The highest BCUT2D eigenvalue weighted by atomic mass is 35.5. The average molecular weight is 379 g/mol. The van der Waals surface area contributed by atoms with Crippen LogP contribution in [-0.4, -0.2) is 14.7 Å². The first-order valence-electron chi connectivity index (χ1n) is 8.15. The maximum atomic E-state index is 12.8. The number of halogens is 1. The van der Waals surface area contributed by atoms with E-state index < -0.39 is 0 Å². The third-order valence-electron chi connectivity index (χ3n) is 4.12. The van der Waals surface area contributed by atoms with Gasteiger partial charge in [0, 0.05) is 21.8 Å². The smallest absolute Gasteiger partial charge is 0.224 e. The number of benzene rings is 2. The summed E-state index contributed by atoms with van der Waals surface area (Å²) < 4.78 is 1.89. The molecule has 4 aromatic rings. The highest BCUT2D eigenvalue weighted by Crippen LogP contribution is 2.36. The lowest BCUT2D eigenvalue weighted by atomic mass is 10.1. The predicted octanol–water partition coefficient (Wildman–Crippen LogP) is 5.90. The summed E-state index contributed by atoms with van der Waals surface area (Å²) in [5.41, 5.74) is 4.36. The van der Waals surface area contributed by atoms with Crippen molar-refractivity contribution in [2.75, 3.05) is 0 Å². The molecule has 4 rings (SSSR count). The Morgan fingerprint density at radius 3 is 2.42 bits per heavy atom. The van der Waals surface area contributed by atoms with E-state index in [0.717, 1.165) is 27.4 Å². The van der Waals surface area contributed by atoms with Crippen molar-refractivity contribution in [3.8, 4) is 11.3 Å². The molecular weight excluding hydrogens is 364 g/mol. The van der Waals surface area contributed by atoms with Gasteiger partial charge in [-0.2, -0.15) is 5.10 Å². The molecule has 0 saturated heterocycles. The summed E-state index contributed by atoms with van der Waals surface area (Å²) in [5.74, 6) is 0.